The summed E-state index contributed by atoms with van der Waals surface area (Å²) < 4.78 is 35.1. The number of rotatable bonds is 5. The molecule has 0 bridgehead atoms. The first-order chi connectivity index (χ1) is 13.1. The lowest BCUT2D eigenvalue weighted by molar-refractivity contribution is 0.536. The molecule has 4 rings (SSSR count). The Hall–Kier alpha value is -2.19. The summed E-state index contributed by atoms with van der Waals surface area (Å²) in [6.07, 6.45) is 0. The van der Waals surface area contributed by atoms with Crippen LogP contribution in [0, 0.1) is 5.82 Å². The maximum atomic E-state index is 13.3. The number of halogens is 1. The van der Waals surface area contributed by atoms with E-state index < -0.39 is 11.1 Å². The zero-order chi connectivity index (χ0) is 18.8. The molecule has 0 saturated carbocycles. The topological polar surface area (TPSA) is 53.0 Å². The average molecular weight is 415 g/mol. The molecular formula is C20H13FNO2S3-. The highest BCUT2D eigenvalue weighted by molar-refractivity contribution is 7.78. The minimum Gasteiger partial charge on any atom is -0.772 e. The van der Waals surface area contributed by atoms with Gasteiger partial charge in [0, 0.05) is 11.3 Å². The fourth-order valence-corrected chi connectivity index (χ4v) is 5.07. The second-order valence-electron chi connectivity index (χ2n) is 5.83. The maximum Gasteiger partial charge on any atom is 0.134 e. The molecule has 136 valence electrons. The lowest BCUT2D eigenvalue weighted by Crippen LogP contribution is -1.92. The van der Waals surface area contributed by atoms with E-state index in [0.29, 0.717) is 0 Å². The first-order valence-electron chi connectivity index (χ1n) is 8.06. The minimum atomic E-state index is -2.11. The Morgan fingerprint density at radius 1 is 1.00 bits per heavy atom. The standard InChI is InChI=1S/C20H14FNO2S3/c21-16-9-7-14(8-10-16)18-19(26-20(22-18)17-2-1-11-25-17)15-5-3-13(4-6-15)12-27(23)24/h1-11H,12H2,(H,23,24)/p-1. The molecule has 4 aromatic rings. The van der Waals surface area contributed by atoms with Gasteiger partial charge >= 0.3 is 0 Å². The molecular weight excluding hydrogens is 401 g/mol. The predicted molar refractivity (Wildman–Crippen MR) is 109 cm³/mol. The van der Waals surface area contributed by atoms with Gasteiger partial charge in [-0.15, -0.1) is 22.7 Å². The lowest BCUT2D eigenvalue weighted by atomic mass is 10.1. The first kappa shape index (κ1) is 18.2. The molecule has 0 saturated heterocycles. The Labute approximate surface area is 166 Å². The normalized spacial score (nSPS) is 12.2. The van der Waals surface area contributed by atoms with Gasteiger partial charge < -0.3 is 4.55 Å². The quantitative estimate of drug-likeness (QED) is 0.392. The predicted octanol–water partition coefficient (Wildman–Crippen LogP) is 5.72. The Bertz CT molecular complexity index is 1070. The van der Waals surface area contributed by atoms with Gasteiger partial charge in [-0.1, -0.05) is 41.4 Å². The van der Waals surface area contributed by atoms with Crippen LogP contribution >= 0.6 is 22.7 Å². The smallest absolute Gasteiger partial charge is 0.134 e. The molecule has 3 nitrogen and oxygen atoms in total. The van der Waals surface area contributed by atoms with Crippen LogP contribution in [0.2, 0.25) is 0 Å². The number of hydrogen-bond donors (Lipinski definition) is 0. The van der Waals surface area contributed by atoms with Gasteiger partial charge in [0.1, 0.15) is 10.8 Å². The van der Waals surface area contributed by atoms with E-state index in [9.17, 15) is 13.2 Å². The molecule has 2 heterocycles. The zero-order valence-corrected chi connectivity index (χ0v) is 16.4. The number of hydrogen-bond acceptors (Lipinski definition) is 5. The highest BCUT2D eigenvalue weighted by Crippen LogP contribution is 2.41. The van der Waals surface area contributed by atoms with Crippen LogP contribution in [0.15, 0.2) is 66.0 Å². The molecule has 0 amide bonds. The van der Waals surface area contributed by atoms with Gasteiger partial charge in [0.25, 0.3) is 0 Å². The van der Waals surface area contributed by atoms with Crippen molar-refractivity contribution in [1.82, 2.24) is 4.98 Å². The van der Waals surface area contributed by atoms with Crippen LogP contribution in [0.5, 0.6) is 0 Å². The molecule has 2 aromatic heterocycles. The second-order valence-corrected chi connectivity index (χ2v) is 8.67. The van der Waals surface area contributed by atoms with E-state index in [1.165, 1.54) is 12.1 Å². The van der Waals surface area contributed by atoms with E-state index in [2.05, 4.69) is 0 Å². The third-order valence-electron chi connectivity index (χ3n) is 3.98. The molecule has 1 unspecified atom stereocenters. The molecule has 0 aliphatic carbocycles. The molecule has 2 aromatic carbocycles. The first-order valence-corrected chi connectivity index (χ1v) is 11.0. The summed E-state index contributed by atoms with van der Waals surface area (Å²) in [6.45, 7) is 0. The van der Waals surface area contributed by atoms with Gasteiger partial charge in [-0.25, -0.2) is 9.37 Å². The summed E-state index contributed by atoms with van der Waals surface area (Å²) in [4.78, 5) is 6.86. The van der Waals surface area contributed by atoms with Crippen LogP contribution in [0.3, 0.4) is 0 Å². The Kier molecular flexibility index (Phi) is 5.27. The molecule has 0 spiro atoms. The highest BCUT2D eigenvalue weighted by Gasteiger charge is 2.16. The summed E-state index contributed by atoms with van der Waals surface area (Å²) in [5.74, 6) is -0.294. The molecule has 27 heavy (non-hydrogen) atoms. The van der Waals surface area contributed by atoms with Crippen LogP contribution in [0.4, 0.5) is 4.39 Å². The van der Waals surface area contributed by atoms with Gasteiger partial charge in [-0.05, 0) is 46.8 Å². The average Bonchev–Trinajstić information content (AvgIpc) is 3.32. The van der Waals surface area contributed by atoms with Crippen molar-refractivity contribution in [2.75, 3.05) is 0 Å². The molecule has 0 aliphatic rings. The van der Waals surface area contributed by atoms with Crippen LogP contribution < -0.4 is 0 Å². The maximum absolute atomic E-state index is 13.3. The van der Waals surface area contributed by atoms with E-state index in [1.807, 2.05) is 41.8 Å². The van der Waals surface area contributed by atoms with Crippen molar-refractivity contribution in [1.29, 1.82) is 0 Å². The largest absolute Gasteiger partial charge is 0.772 e. The van der Waals surface area contributed by atoms with Gasteiger partial charge in [0.2, 0.25) is 0 Å². The van der Waals surface area contributed by atoms with E-state index in [0.717, 1.165) is 37.1 Å². The van der Waals surface area contributed by atoms with Crippen LogP contribution in [0.1, 0.15) is 5.56 Å². The summed E-state index contributed by atoms with van der Waals surface area (Å²) in [5.41, 5.74) is 3.33. The van der Waals surface area contributed by atoms with Crippen molar-refractivity contribution >= 4 is 33.8 Å². The summed E-state index contributed by atoms with van der Waals surface area (Å²) in [5, 5.41) is 2.91. The fourth-order valence-electron chi connectivity index (χ4n) is 2.71. The van der Waals surface area contributed by atoms with Crippen molar-refractivity contribution in [2.45, 2.75) is 5.75 Å². The number of aromatic nitrogens is 1. The second kappa shape index (κ2) is 7.82. The third kappa shape index (κ3) is 4.06. The van der Waals surface area contributed by atoms with Gasteiger partial charge in [-0.2, -0.15) is 0 Å². The van der Waals surface area contributed by atoms with Crippen molar-refractivity contribution < 1.29 is 13.2 Å². The molecule has 7 heteroatoms. The Morgan fingerprint density at radius 2 is 1.70 bits per heavy atom. The van der Waals surface area contributed by atoms with E-state index >= 15 is 0 Å². The van der Waals surface area contributed by atoms with Crippen molar-refractivity contribution in [3.63, 3.8) is 0 Å². The summed E-state index contributed by atoms with van der Waals surface area (Å²) >= 11 is 1.08. The summed E-state index contributed by atoms with van der Waals surface area (Å²) in [6, 6.07) is 17.7. The van der Waals surface area contributed by atoms with Gasteiger partial charge in [0.05, 0.1) is 15.4 Å². The lowest BCUT2D eigenvalue weighted by Gasteiger charge is -2.07. The van der Waals surface area contributed by atoms with E-state index in [1.54, 1.807) is 34.8 Å². The number of benzene rings is 2. The zero-order valence-electron chi connectivity index (χ0n) is 13.9. The van der Waals surface area contributed by atoms with Crippen molar-refractivity contribution in [3.05, 3.63) is 77.4 Å². The number of thiophene rings is 1. The van der Waals surface area contributed by atoms with Crippen LogP contribution in [0.25, 0.3) is 31.6 Å². The molecule has 0 fully saturated rings. The van der Waals surface area contributed by atoms with Crippen LogP contribution in [-0.2, 0) is 16.8 Å². The SMILES string of the molecule is O=S([O-])Cc1ccc(-c2sc(-c3cccs3)nc2-c2ccc(F)cc2)cc1. The minimum absolute atomic E-state index is 0.00572. The highest BCUT2D eigenvalue weighted by atomic mass is 32.2. The Morgan fingerprint density at radius 3 is 2.33 bits per heavy atom. The number of thiazole rings is 1. The molecule has 0 aliphatic heterocycles. The van der Waals surface area contributed by atoms with Gasteiger partial charge in [-0.3, -0.25) is 4.21 Å². The third-order valence-corrected chi connectivity index (χ3v) is 6.69. The molecule has 0 radical (unpaired) electrons. The Balaban J connectivity index is 1.80. The molecule has 0 N–H and O–H groups in total. The molecule has 1 atom stereocenters. The van der Waals surface area contributed by atoms with E-state index in [-0.39, 0.29) is 11.6 Å². The van der Waals surface area contributed by atoms with Crippen LogP contribution in [-0.4, -0.2) is 13.7 Å². The van der Waals surface area contributed by atoms with Crippen molar-refractivity contribution in [3.8, 4) is 31.6 Å². The van der Waals surface area contributed by atoms with E-state index in [4.69, 9.17) is 4.98 Å². The van der Waals surface area contributed by atoms with Gasteiger partial charge in [0.15, 0.2) is 0 Å². The monoisotopic (exact) mass is 414 g/mol. The number of nitrogens with zero attached hydrogens (tertiary/aromatic N) is 1. The fraction of sp³-hybridized carbons (Fsp3) is 0.0500. The van der Waals surface area contributed by atoms with Crippen molar-refractivity contribution in [2.24, 2.45) is 0 Å². The summed E-state index contributed by atoms with van der Waals surface area (Å²) in [7, 11) is 0.